The zero-order valence-electron chi connectivity index (χ0n) is 16.8. The van der Waals surface area contributed by atoms with Crippen molar-refractivity contribution in [2.75, 3.05) is 7.11 Å². The number of benzene rings is 2. The van der Waals surface area contributed by atoms with Crippen LogP contribution in [0.2, 0.25) is 0 Å². The molecule has 0 aliphatic heterocycles. The van der Waals surface area contributed by atoms with Gasteiger partial charge in [-0.25, -0.2) is 9.59 Å². The van der Waals surface area contributed by atoms with Crippen LogP contribution in [-0.2, 0) is 18.0 Å². The lowest BCUT2D eigenvalue weighted by atomic mass is 10.1. The summed E-state index contributed by atoms with van der Waals surface area (Å²) in [7, 11) is 1.52. The minimum absolute atomic E-state index is 0.0807. The molecular formula is C22H18N2O7. The highest BCUT2D eigenvalue weighted by Crippen LogP contribution is 2.23. The standard InChI is InChI=1S/C22H18N2O7/c1-13-23-20(24-31-13)12-28-16-5-3-14(4-6-16)22(26)29-11-15-9-21(25)30-19-10-17(27-2)7-8-18(15)19/h3-10H,11-12H2,1-2H3. The molecule has 4 aromatic rings. The Morgan fingerprint density at radius 1 is 1.03 bits per heavy atom. The molecule has 0 aliphatic carbocycles. The lowest BCUT2D eigenvalue weighted by molar-refractivity contribution is 0.0473. The normalized spacial score (nSPS) is 10.8. The Morgan fingerprint density at radius 3 is 2.52 bits per heavy atom. The summed E-state index contributed by atoms with van der Waals surface area (Å²) in [6, 6.07) is 12.9. The molecule has 2 aromatic heterocycles. The van der Waals surface area contributed by atoms with Crippen molar-refractivity contribution in [1.82, 2.24) is 10.1 Å². The Bertz CT molecular complexity index is 1280. The molecule has 0 amide bonds. The van der Waals surface area contributed by atoms with Crippen LogP contribution in [0.5, 0.6) is 11.5 Å². The lowest BCUT2D eigenvalue weighted by Crippen LogP contribution is -2.08. The summed E-state index contributed by atoms with van der Waals surface area (Å²) in [6.07, 6.45) is 0. The van der Waals surface area contributed by atoms with Crippen LogP contribution in [-0.4, -0.2) is 23.2 Å². The molecule has 0 atom stereocenters. The van der Waals surface area contributed by atoms with Crippen LogP contribution in [0.3, 0.4) is 0 Å². The van der Waals surface area contributed by atoms with Gasteiger partial charge in [0.2, 0.25) is 11.7 Å². The fourth-order valence-electron chi connectivity index (χ4n) is 2.92. The smallest absolute Gasteiger partial charge is 0.338 e. The average Bonchev–Trinajstić information content (AvgIpc) is 3.20. The maximum Gasteiger partial charge on any atom is 0.338 e. The summed E-state index contributed by atoms with van der Waals surface area (Å²) in [5, 5.41) is 4.41. The van der Waals surface area contributed by atoms with E-state index in [1.165, 1.54) is 13.2 Å². The van der Waals surface area contributed by atoms with Crippen molar-refractivity contribution in [3.8, 4) is 11.5 Å². The number of fused-ring (bicyclic) bond motifs is 1. The SMILES string of the molecule is COc1ccc2c(COC(=O)c3ccc(OCc4noc(C)n4)cc3)cc(=O)oc2c1. The van der Waals surface area contributed by atoms with Crippen LogP contribution in [0.25, 0.3) is 11.0 Å². The molecule has 4 rings (SSSR count). The lowest BCUT2D eigenvalue weighted by Gasteiger charge is -2.09. The summed E-state index contributed by atoms with van der Waals surface area (Å²) in [4.78, 5) is 28.3. The van der Waals surface area contributed by atoms with Crippen LogP contribution in [0.1, 0.15) is 27.6 Å². The minimum atomic E-state index is -0.537. The third-order valence-corrected chi connectivity index (χ3v) is 4.42. The molecule has 0 N–H and O–H groups in total. The highest BCUT2D eigenvalue weighted by Gasteiger charge is 2.12. The van der Waals surface area contributed by atoms with Crippen molar-refractivity contribution < 1.29 is 27.9 Å². The number of aromatic nitrogens is 2. The van der Waals surface area contributed by atoms with Crippen LogP contribution in [0, 0.1) is 6.92 Å². The summed E-state index contributed by atoms with van der Waals surface area (Å²) in [5.74, 6) is 1.45. The molecule has 0 aliphatic rings. The fourth-order valence-corrected chi connectivity index (χ4v) is 2.92. The first-order chi connectivity index (χ1) is 15.0. The monoisotopic (exact) mass is 422 g/mol. The van der Waals surface area contributed by atoms with E-state index in [-0.39, 0.29) is 13.2 Å². The molecule has 0 unspecified atom stereocenters. The van der Waals surface area contributed by atoms with Gasteiger partial charge in [-0.3, -0.25) is 0 Å². The van der Waals surface area contributed by atoms with E-state index in [1.807, 2.05) is 0 Å². The predicted molar refractivity (Wildman–Crippen MR) is 108 cm³/mol. The first-order valence-electron chi connectivity index (χ1n) is 9.32. The van der Waals surface area contributed by atoms with E-state index >= 15 is 0 Å². The molecule has 158 valence electrons. The highest BCUT2D eigenvalue weighted by atomic mass is 16.5. The van der Waals surface area contributed by atoms with Crippen molar-refractivity contribution >= 4 is 16.9 Å². The van der Waals surface area contributed by atoms with Crippen molar-refractivity contribution in [3.63, 3.8) is 0 Å². The van der Waals surface area contributed by atoms with Crippen molar-refractivity contribution in [1.29, 1.82) is 0 Å². The maximum atomic E-state index is 12.4. The Morgan fingerprint density at radius 2 is 1.81 bits per heavy atom. The molecular weight excluding hydrogens is 404 g/mol. The van der Waals surface area contributed by atoms with Gasteiger partial charge in [-0.05, 0) is 36.4 Å². The van der Waals surface area contributed by atoms with Gasteiger partial charge in [0.25, 0.3) is 0 Å². The van der Waals surface area contributed by atoms with E-state index in [4.69, 9.17) is 23.2 Å². The Hall–Kier alpha value is -4.14. The first-order valence-corrected chi connectivity index (χ1v) is 9.32. The Kier molecular flexibility index (Phi) is 5.65. The van der Waals surface area contributed by atoms with Crippen molar-refractivity contribution in [2.45, 2.75) is 20.1 Å². The Balaban J connectivity index is 1.41. The van der Waals surface area contributed by atoms with Crippen LogP contribution >= 0.6 is 0 Å². The molecule has 0 saturated carbocycles. The van der Waals surface area contributed by atoms with Gasteiger partial charge in [-0.2, -0.15) is 4.98 Å². The molecule has 9 nitrogen and oxygen atoms in total. The number of nitrogens with zero attached hydrogens (tertiary/aromatic N) is 2. The van der Waals surface area contributed by atoms with Gasteiger partial charge >= 0.3 is 11.6 Å². The quantitative estimate of drug-likeness (QED) is 0.326. The Labute approximate surface area is 176 Å². The largest absolute Gasteiger partial charge is 0.497 e. The number of carbonyl (C=O) groups excluding carboxylic acids is 1. The molecule has 2 heterocycles. The van der Waals surface area contributed by atoms with Crippen LogP contribution in [0.15, 0.2) is 62.3 Å². The highest BCUT2D eigenvalue weighted by molar-refractivity contribution is 5.90. The number of esters is 1. The van der Waals surface area contributed by atoms with Crippen molar-refractivity contribution in [3.05, 3.63) is 81.8 Å². The molecule has 0 spiro atoms. The zero-order chi connectivity index (χ0) is 21.8. The number of ether oxygens (including phenoxy) is 3. The second kappa shape index (κ2) is 8.70. The number of carbonyl (C=O) groups is 1. The third kappa shape index (κ3) is 4.72. The molecule has 0 fully saturated rings. The second-order valence-electron chi connectivity index (χ2n) is 6.57. The fraction of sp³-hybridized carbons (Fsp3) is 0.182. The number of methoxy groups -OCH3 is 1. The van der Waals surface area contributed by atoms with E-state index in [1.54, 1.807) is 49.4 Å². The van der Waals surface area contributed by atoms with Gasteiger partial charge in [0.15, 0.2) is 6.61 Å². The molecule has 0 bridgehead atoms. The van der Waals surface area contributed by atoms with Crippen molar-refractivity contribution in [2.24, 2.45) is 0 Å². The summed E-state index contributed by atoms with van der Waals surface area (Å²) < 4.78 is 26.2. The molecule has 0 radical (unpaired) electrons. The van der Waals surface area contributed by atoms with Gasteiger partial charge < -0.3 is 23.2 Å². The minimum Gasteiger partial charge on any atom is -0.497 e. The van der Waals surface area contributed by atoms with Gasteiger partial charge in [0.1, 0.15) is 23.7 Å². The number of rotatable bonds is 7. The van der Waals surface area contributed by atoms with E-state index < -0.39 is 11.6 Å². The average molecular weight is 422 g/mol. The van der Waals surface area contributed by atoms with Gasteiger partial charge in [0, 0.05) is 30.0 Å². The molecule has 31 heavy (non-hydrogen) atoms. The third-order valence-electron chi connectivity index (χ3n) is 4.42. The second-order valence-corrected chi connectivity index (χ2v) is 6.57. The van der Waals surface area contributed by atoms with Crippen LogP contribution < -0.4 is 15.1 Å². The maximum absolute atomic E-state index is 12.4. The van der Waals surface area contributed by atoms with Gasteiger partial charge in [0.05, 0.1) is 12.7 Å². The van der Waals surface area contributed by atoms with Gasteiger partial charge in [-0.15, -0.1) is 0 Å². The number of hydrogen-bond acceptors (Lipinski definition) is 9. The zero-order valence-corrected chi connectivity index (χ0v) is 16.8. The van der Waals surface area contributed by atoms with E-state index in [0.717, 1.165) is 0 Å². The number of aryl methyl sites for hydroxylation is 1. The van der Waals surface area contributed by atoms with E-state index in [0.29, 0.717) is 45.3 Å². The molecule has 9 heteroatoms. The topological polar surface area (TPSA) is 114 Å². The first kappa shape index (κ1) is 20.1. The van der Waals surface area contributed by atoms with Gasteiger partial charge in [-0.1, -0.05) is 5.16 Å². The van der Waals surface area contributed by atoms with E-state index in [9.17, 15) is 9.59 Å². The number of hydrogen-bond donors (Lipinski definition) is 0. The molecule has 0 saturated heterocycles. The summed E-state index contributed by atoms with van der Waals surface area (Å²) in [6.45, 7) is 1.76. The summed E-state index contributed by atoms with van der Waals surface area (Å²) >= 11 is 0. The molecule has 2 aromatic carbocycles. The van der Waals surface area contributed by atoms with E-state index in [2.05, 4.69) is 10.1 Å². The predicted octanol–water partition coefficient (Wildman–Crippen LogP) is 3.43. The van der Waals surface area contributed by atoms with Crippen LogP contribution in [0.4, 0.5) is 0 Å². The summed E-state index contributed by atoms with van der Waals surface area (Å²) in [5.41, 5.74) is 0.704.